The number of hydrogen-bond donors (Lipinski definition) is 1. The number of nitrogens with zero attached hydrogens (tertiary/aromatic N) is 4. The number of ketones is 1. The summed E-state index contributed by atoms with van der Waals surface area (Å²) in [7, 11) is 1.44. The van der Waals surface area contributed by atoms with E-state index in [1.54, 1.807) is 30.7 Å². The van der Waals surface area contributed by atoms with Crippen molar-refractivity contribution in [2.45, 2.75) is 52.4 Å². The van der Waals surface area contributed by atoms with Gasteiger partial charge in [0, 0.05) is 48.7 Å². The fraction of sp³-hybridized carbons (Fsp3) is 0.371. The van der Waals surface area contributed by atoms with Crippen molar-refractivity contribution in [3.63, 3.8) is 0 Å². The third-order valence-corrected chi connectivity index (χ3v) is 9.00. The van der Waals surface area contributed by atoms with Crippen LogP contribution in [0.3, 0.4) is 0 Å². The van der Waals surface area contributed by atoms with Crippen molar-refractivity contribution < 1.29 is 18.7 Å². The number of likely N-dealkylation sites (tertiary alicyclic amines) is 1. The number of benzene rings is 2. The van der Waals surface area contributed by atoms with Crippen molar-refractivity contribution in [2.75, 3.05) is 25.5 Å². The molecule has 3 heterocycles. The number of methoxy groups -OCH3 is 1. The fourth-order valence-corrected chi connectivity index (χ4v) is 6.43. The van der Waals surface area contributed by atoms with Gasteiger partial charge in [-0.3, -0.25) is 14.0 Å². The topological polar surface area (TPSA) is 88.8 Å². The minimum Gasteiger partial charge on any atom is -0.494 e. The summed E-state index contributed by atoms with van der Waals surface area (Å²) in [5.41, 5.74) is 5.68. The molecule has 228 valence electrons. The van der Waals surface area contributed by atoms with Gasteiger partial charge in [0.05, 0.1) is 24.9 Å². The van der Waals surface area contributed by atoms with E-state index in [2.05, 4.69) is 28.3 Å². The molecule has 44 heavy (non-hydrogen) atoms. The number of carbonyl (C=O) groups is 2. The Kier molecular flexibility index (Phi) is 8.46. The summed E-state index contributed by atoms with van der Waals surface area (Å²) in [6.07, 6.45) is 12.5. The van der Waals surface area contributed by atoms with Crippen LogP contribution in [0, 0.1) is 24.6 Å². The molecule has 4 aromatic rings. The Morgan fingerprint density at radius 2 is 1.93 bits per heavy atom. The van der Waals surface area contributed by atoms with Crippen molar-refractivity contribution in [1.29, 1.82) is 0 Å². The summed E-state index contributed by atoms with van der Waals surface area (Å²) < 4.78 is 21.3. The highest BCUT2D eigenvalue weighted by molar-refractivity contribution is 5.98. The number of aryl methyl sites for hydroxylation is 1. The third-order valence-electron chi connectivity index (χ3n) is 9.00. The maximum Gasteiger partial charge on any atom is 0.229 e. The molecule has 1 amide bonds. The number of Topliss-reactive ketones (excluding diaryl/α,β-unsaturated/α-hetero) is 1. The van der Waals surface area contributed by atoms with Crippen molar-refractivity contribution in [1.82, 2.24) is 19.3 Å². The van der Waals surface area contributed by atoms with Crippen LogP contribution in [0.5, 0.6) is 5.75 Å². The molecular weight excluding hydrogens is 557 g/mol. The summed E-state index contributed by atoms with van der Waals surface area (Å²) in [5.74, 6) is 1.06. The number of aromatic nitrogens is 3. The fourth-order valence-electron chi connectivity index (χ4n) is 6.43. The molecule has 9 heteroatoms. The lowest BCUT2D eigenvalue weighted by Crippen LogP contribution is -2.44. The molecule has 2 aromatic heterocycles. The molecule has 2 aromatic carbocycles. The SMILES string of the molecule is CC/C=C1/CC[C@@H]1C(=O)N1CCC(CC(=O)c2ccc(Nc3nccn4c(-c5ccc(OC)c(F)c5)cnc34)cc2C)CC1. The van der Waals surface area contributed by atoms with Gasteiger partial charge in [-0.15, -0.1) is 0 Å². The Hall–Kier alpha value is -4.53. The van der Waals surface area contributed by atoms with Crippen molar-refractivity contribution in [3.8, 4) is 17.0 Å². The van der Waals surface area contributed by atoms with Gasteiger partial charge in [-0.1, -0.05) is 18.6 Å². The number of nitrogens with one attached hydrogen (secondary N) is 1. The number of piperidine rings is 1. The Labute approximate surface area is 257 Å². The number of rotatable bonds is 9. The number of fused-ring (bicyclic) bond motifs is 1. The quantitative estimate of drug-likeness (QED) is 0.163. The van der Waals surface area contributed by atoms with E-state index in [4.69, 9.17) is 4.74 Å². The molecule has 0 spiro atoms. The van der Waals surface area contributed by atoms with Gasteiger partial charge in [0.25, 0.3) is 0 Å². The molecule has 6 rings (SSSR count). The van der Waals surface area contributed by atoms with Gasteiger partial charge in [-0.25, -0.2) is 14.4 Å². The molecule has 0 radical (unpaired) electrons. The second-order valence-corrected chi connectivity index (χ2v) is 11.8. The van der Waals surface area contributed by atoms with E-state index in [9.17, 15) is 14.0 Å². The lowest BCUT2D eigenvalue weighted by Gasteiger charge is -2.38. The van der Waals surface area contributed by atoms with Crippen LogP contribution in [0.4, 0.5) is 15.9 Å². The van der Waals surface area contributed by atoms with Crippen molar-refractivity contribution >= 4 is 28.8 Å². The van der Waals surface area contributed by atoms with E-state index in [-0.39, 0.29) is 29.3 Å². The number of halogens is 1. The Morgan fingerprint density at radius 3 is 2.61 bits per heavy atom. The number of carbonyl (C=O) groups excluding carboxylic acids is 2. The summed E-state index contributed by atoms with van der Waals surface area (Å²) in [5, 5.41) is 3.33. The van der Waals surface area contributed by atoms with Crippen molar-refractivity contribution in [3.05, 3.63) is 83.6 Å². The first-order valence-corrected chi connectivity index (χ1v) is 15.4. The Bertz CT molecular complexity index is 1740. The van der Waals surface area contributed by atoms with Gasteiger partial charge in [0.2, 0.25) is 5.91 Å². The largest absolute Gasteiger partial charge is 0.494 e. The predicted molar refractivity (Wildman–Crippen MR) is 169 cm³/mol. The molecule has 1 aliphatic heterocycles. The molecule has 8 nitrogen and oxygen atoms in total. The Morgan fingerprint density at radius 1 is 1.11 bits per heavy atom. The van der Waals surface area contributed by atoms with Gasteiger partial charge >= 0.3 is 0 Å². The van der Waals surface area contributed by atoms with Crippen LogP contribution in [0.15, 0.2) is 66.6 Å². The second-order valence-electron chi connectivity index (χ2n) is 11.8. The molecule has 0 unspecified atom stereocenters. The number of amides is 1. The van der Waals surface area contributed by atoms with E-state index in [1.807, 2.05) is 34.4 Å². The highest BCUT2D eigenvalue weighted by Gasteiger charge is 2.35. The summed E-state index contributed by atoms with van der Waals surface area (Å²) in [6, 6.07) is 10.5. The molecule has 2 aliphatic rings. The number of ether oxygens (including phenoxy) is 1. The minimum atomic E-state index is -0.444. The molecule has 1 atom stereocenters. The average molecular weight is 596 g/mol. The van der Waals surface area contributed by atoms with Gasteiger partial charge in [0.1, 0.15) is 0 Å². The first-order chi connectivity index (χ1) is 21.4. The number of hydrogen-bond acceptors (Lipinski definition) is 6. The van der Waals surface area contributed by atoms with Gasteiger partial charge in [-0.2, -0.15) is 0 Å². The summed E-state index contributed by atoms with van der Waals surface area (Å²) in [4.78, 5) is 37.3. The molecule has 1 aliphatic carbocycles. The molecular formula is C35H38FN5O3. The van der Waals surface area contributed by atoms with Crippen LogP contribution in [-0.4, -0.2) is 51.2 Å². The highest BCUT2D eigenvalue weighted by Crippen LogP contribution is 2.36. The first-order valence-electron chi connectivity index (χ1n) is 15.4. The molecule has 2 fully saturated rings. The average Bonchev–Trinajstić information content (AvgIpc) is 3.45. The van der Waals surface area contributed by atoms with E-state index in [0.29, 0.717) is 29.0 Å². The van der Waals surface area contributed by atoms with Crippen molar-refractivity contribution in [2.24, 2.45) is 11.8 Å². The maximum absolute atomic E-state index is 14.4. The Balaban J connectivity index is 1.09. The number of imidazole rings is 1. The van der Waals surface area contributed by atoms with E-state index >= 15 is 0 Å². The van der Waals surface area contributed by atoms with Crippen LogP contribution in [0.25, 0.3) is 16.9 Å². The van der Waals surface area contributed by atoms with Gasteiger partial charge in [0.15, 0.2) is 28.8 Å². The third kappa shape index (κ3) is 5.83. The summed E-state index contributed by atoms with van der Waals surface area (Å²) >= 11 is 0. The van der Waals surface area contributed by atoms with E-state index < -0.39 is 5.82 Å². The predicted octanol–water partition coefficient (Wildman–Crippen LogP) is 7.15. The molecule has 0 bridgehead atoms. The monoisotopic (exact) mass is 595 g/mol. The highest BCUT2D eigenvalue weighted by atomic mass is 19.1. The van der Waals surface area contributed by atoms with Crippen LogP contribution >= 0.6 is 0 Å². The zero-order chi connectivity index (χ0) is 30.8. The number of anilines is 2. The smallest absolute Gasteiger partial charge is 0.229 e. The lowest BCUT2D eigenvalue weighted by atomic mass is 9.77. The molecule has 1 saturated heterocycles. The van der Waals surface area contributed by atoms with Crippen LogP contribution in [0.2, 0.25) is 0 Å². The number of allylic oxidation sites excluding steroid dienone is 1. The molecule has 1 N–H and O–H groups in total. The standard InChI is InChI=1S/C35H38FN5O3/c1-4-5-24-6-9-28(24)35(43)40-15-12-23(13-16-40)19-31(42)27-10-8-26(18-22(27)2)39-33-34-38-21-30(41(34)17-14-37-33)25-7-11-32(44-3)29(36)20-25/h5,7-8,10-11,14,17-18,20-21,23,28H,4,6,9,12-13,15-16,19H2,1-3H3,(H,37,39)/b24-5-/t28-/m0/s1. The van der Waals surface area contributed by atoms with Crippen LogP contribution in [-0.2, 0) is 4.79 Å². The first kappa shape index (κ1) is 29.5. The normalized spacial score (nSPS) is 18.0. The van der Waals surface area contributed by atoms with E-state index in [0.717, 1.165) is 62.1 Å². The second kappa shape index (κ2) is 12.6. The van der Waals surface area contributed by atoms with Crippen LogP contribution in [0.1, 0.15) is 61.4 Å². The van der Waals surface area contributed by atoms with Crippen LogP contribution < -0.4 is 10.1 Å². The maximum atomic E-state index is 14.4. The summed E-state index contributed by atoms with van der Waals surface area (Å²) in [6.45, 7) is 5.52. The molecule has 1 saturated carbocycles. The lowest BCUT2D eigenvalue weighted by molar-refractivity contribution is -0.137. The van der Waals surface area contributed by atoms with E-state index in [1.165, 1.54) is 18.7 Å². The zero-order valence-electron chi connectivity index (χ0n) is 25.5. The van der Waals surface area contributed by atoms with Gasteiger partial charge in [-0.05, 0) is 86.9 Å². The zero-order valence-corrected chi connectivity index (χ0v) is 25.5. The van der Waals surface area contributed by atoms with Gasteiger partial charge < -0.3 is 15.0 Å². The minimum absolute atomic E-state index is 0.0821.